The predicted octanol–water partition coefficient (Wildman–Crippen LogP) is 3.56. The molecule has 3 nitrogen and oxygen atoms in total. The molecule has 2 fully saturated rings. The minimum absolute atomic E-state index is 0.743. The molecule has 1 aromatic rings. The van der Waals surface area contributed by atoms with Crippen LogP contribution in [-0.4, -0.2) is 47.0 Å². The molecule has 1 aromatic heterocycles. The number of rotatable bonds is 4. The van der Waals surface area contributed by atoms with Crippen LogP contribution in [0.15, 0.2) is 24.5 Å². The summed E-state index contributed by atoms with van der Waals surface area (Å²) < 4.78 is 0. The fourth-order valence-corrected chi connectivity index (χ4v) is 4.20. The number of piperidine rings is 1. The zero-order valence-electron chi connectivity index (χ0n) is 14.2. The Hall–Kier alpha value is -0.930. The third-order valence-corrected chi connectivity index (χ3v) is 5.81. The molecule has 2 heterocycles. The lowest BCUT2D eigenvalue weighted by molar-refractivity contribution is 0.0722. The van der Waals surface area contributed by atoms with E-state index in [4.69, 9.17) is 0 Å². The number of pyridine rings is 1. The number of aromatic nitrogens is 1. The molecule has 1 aliphatic heterocycles. The maximum atomic E-state index is 4.11. The van der Waals surface area contributed by atoms with Gasteiger partial charge >= 0.3 is 0 Å². The lowest BCUT2D eigenvalue weighted by Gasteiger charge is -2.42. The zero-order chi connectivity index (χ0) is 15.4. The van der Waals surface area contributed by atoms with Gasteiger partial charge in [0.1, 0.15) is 0 Å². The average molecular weight is 301 g/mol. The normalized spacial score (nSPS) is 28.1. The van der Waals surface area contributed by atoms with Crippen LogP contribution in [0.5, 0.6) is 0 Å². The molecule has 1 saturated heterocycles. The fourth-order valence-electron chi connectivity index (χ4n) is 4.20. The van der Waals surface area contributed by atoms with Crippen molar-refractivity contribution in [1.29, 1.82) is 0 Å². The van der Waals surface area contributed by atoms with Crippen LogP contribution in [0.3, 0.4) is 0 Å². The van der Waals surface area contributed by atoms with Gasteiger partial charge in [-0.1, -0.05) is 6.92 Å². The van der Waals surface area contributed by atoms with Gasteiger partial charge in [-0.3, -0.25) is 9.88 Å². The van der Waals surface area contributed by atoms with Gasteiger partial charge in [0.2, 0.25) is 0 Å². The van der Waals surface area contributed by atoms with E-state index in [1.807, 2.05) is 12.4 Å². The molecule has 0 bridgehead atoms. The summed E-state index contributed by atoms with van der Waals surface area (Å²) in [5, 5.41) is 0. The number of hydrogen-bond acceptors (Lipinski definition) is 3. The molecule has 0 atom stereocenters. The molecular weight excluding hydrogens is 270 g/mol. The Balaban J connectivity index is 1.45. The average Bonchev–Trinajstić information content (AvgIpc) is 2.57. The number of hydrogen-bond donors (Lipinski definition) is 0. The van der Waals surface area contributed by atoms with E-state index in [2.05, 4.69) is 40.9 Å². The van der Waals surface area contributed by atoms with E-state index >= 15 is 0 Å². The highest BCUT2D eigenvalue weighted by Gasteiger charge is 2.29. The molecule has 122 valence electrons. The van der Waals surface area contributed by atoms with Crippen LogP contribution in [0, 0.1) is 5.92 Å². The quantitative estimate of drug-likeness (QED) is 0.848. The Morgan fingerprint density at radius 2 is 1.68 bits per heavy atom. The molecule has 0 spiro atoms. The van der Waals surface area contributed by atoms with Crippen molar-refractivity contribution in [1.82, 2.24) is 14.8 Å². The number of likely N-dealkylation sites (tertiary alicyclic amines) is 1. The molecule has 1 aliphatic carbocycles. The molecule has 0 N–H and O–H groups in total. The van der Waals surface area contributed by atoms with Gasteiger partial charge in [0.05, 0.1) is 0 Å². The molecule has 0 radical (unpaired) electrons. The van der Waals surface area contributed by atoms with Crippen molar-refractivity contribution in [3.63, 3.8) is 0 Å². The zero-order valence-corrected chi connectivity index (χ0v) is 14.2. The first-order valence-electron chi connectivity index (χ1n) is 9.05. The Morgan fingerprint density at radius 3 is 2.32 bits per heavy atom. The molecule has 1 saturated carbocycles. The maximum Gasteiger partial charge on any atom is 0.0271 e. The smallest absolute Gasteiger partial charge is 0.0271 e. The third-order valence-electron chi connectivity index (χ3n) is 5.81. The first-order valence-corrected chi connectivity index (χ1v) is 9.05. The van der Waals surface area contributed by atoms with Gasteiger partial charge in [-0.25, -0.2) is 0 Å². The van der Waals surface area contributed by atoms with Crippen molar-refractivity contribution in [2.45, 2.75) is 64.1 Å². The van der Waals surface area contributed by atoms with E-state index in [-0.39, 0.29) is 0 Å². The first-order chi connectivity index (χ1) is 10.7. The van der Waals surface area contributed by atoms with Gasteiger partial charge in [-0.15, -0.1) is 0 Å². The molecule has 0 aromatic carbocycles. The summed E-state index contributed by atoms with van der Waals surface area (Å²) in [6.45, 7) is 6.06. The molecule has 3 rings (SSSR count). The standard InChI is InChI=1S/C19H31N3/c1-16-3-5-19(6-4-16)22-13-9-18(10-14-22)21(2)15-17-7-11-20-12-8-17/h7-8,11-12,16,18-19H,3-6,9-10,13-15H2,1-2H3. The highest BCUT2D eigenvalue weighted by molar-refractivity contribution is 5.09. The van der Waals surface area contributed by atoms with Crippen molar-refractivity contribution in [3.8, 4) is 0 Å². The van der Waals surface area contributed by atoms with Crippen LogP contribution in [0.25, 0.3) is 0 Å². The van der Waals surface area contributed by atoms with Gasteiger partial charge in [-0.2, -0.15) is 0 Å². The minimum atomic E-state index is 0.743. The van der Waals surface area contributed by atoms with Gasteiger partial charge in [0.25, 0.3) is 0 Å². The Labute approximate surface area is 135 Å². The summed E-state index contributed by atoms with van der Waals surface area (Å²) in [5.41, 5.74) is 1.38. The maximum absolute atomic E-state index is 4.11. The van der Waals surface area contributed by atoms with Crippen LogP contribution < -0.4 is 0 Å². The predicted molar refractivity (Wildman–Crippen MR) is 91.7 cm³/mol. The van der Waals surface area contributed by atoms with E-state index in [0.717, 1.165) is 24.5 Å². The van der Waals surface area contributed by atoms with Gasteiger partial charge in [-0.05, 0) is 82.3 Å². The fraction of sp³-hybridized carbons (Fsp3) is 0.737. The summed E-state index contributed by atoms with van der Waals surface area (Å²) in [7, 11) is 2.28. The third kappa shape index (κ3) is 4.08. The topological polar surface area (TPSA) is 19.4 Å². The molecule has 22 heavy (non-hydrogen) atoms. The Morgan fingerprint density at radius 1 is 1.05 bits per heavy atom. The second-order valence-electron chi connectivity index (χ2n) is 7.45. The van der Waals surface area contributed by atoms with Crippen LogP contribution >= 0.6 is 0 Å². The molecule has 0 unspecified atom stereocenters. The van der Waals surface area contributed by atoms with Crippen molar-refractivity contribution < 1.29 is 0 Å². The van der Waals surface area contributed by atoms with E-state index in [9.17, 15) is 0 Å². The summed E-state index contributed by atoms with van der Waals surface area (Å²) >= 11 is 0. The summed E-state index contributed by atoms with van der Waals surface area (Å²) in [6, 6.07) is 5.89. The first kappa shape index (κ1) is 15.9. The van der Waals surface area contributed by atoms with E-state index in [1.54, 1.807) is 0 Å². The summed E-state index contributed by atoms with van der Waals surface area (Å²) in [6.07, 6.45) is 12.2. The van der Waals surface area contributed by atoms with Crippen molar-refractivity contribution in [2.24, 2.45) is 5.92 Å². The van der Waals surface area contributed by atoms with E-state index < -0.39 is 0 Å². The second kappa shape index (κ2) is 7.56. The largest absolute Gasteiger partial charge is 0.300 e. The Bertz CT molecular complexity index is 431. The SMILES string of the molecule is CC1CCC(N2CCC(N(C)Cc3ccncc3)CC2)CC1. The highest BCUT2D eigenvalue weighted by Crippen LogP contribution is 2.29. The number of nitrogens with zero attached hydrogens (tertiary/aromatic N) is 3. The Kier molecular flexibility index (Phi) is 5.48. The van der Waals surface area contributed by atoms with Crippen LogP contribution in [0.1, 0.15) is 51.0 Å². The molecule has 2 aliphatic rings. The van der Waals surface area contributed by atoms with Crippen molar-refractivity contribution in [3.05, 3.63) is 30.1 Å². The van der Waals surface area contributed by atoms with Crippen LogP contribution in [0.2, 0.25) is 0 Å². The molecule has 3 heteroatoms. The van der Waals surface area contributed by atoms with Gasteiger partial charge in [0, 0.05) is 31.0 Å². The van der Waals surface area contributed by atoms with Gasteiger partial charge in [0.15, 0.2) is 0 Å². The van der Waals surface area contributed by atoms with Crippen molar-refractivity contribution in [2.75, 3.05) is 20.1 Å². The van der Waals surface area contributed by atoms with E-state index in [1.165, 1.54) is 57.2 Å². The molecule has 0 amide bonds. The van der Waals surface area contributed by atoms with Crippen molar-refractivity contribution >= 4 is 0 Å². The monoisotopic (exact) mass is 301 g/mol. The summed E-state index contributed by atoms with van der Waals surface area (Å²) in [5.74, 6) is 0.959. The van der Waals surface area contributed by atoms with Gasteiger partial charge < -0.3 is 4.90 Å². The highest BCUT2D eigenvalue weighted by atomic mass is 15.2. The van der Waals surface area contributed by atoms with Crippen LogP contribution in [0.4, 0.5) is 0 Å². The summed E-state index contributed by atoms with van der Waals surface area (Å²) in [4.78, 5) is 9.42. The van der Waals surface area contributed by atoms with E-state index in [0.29, 0.717) is 0 Å². The molecular formula is C19H31N3. The lowest BCUT2D eigenvalue weighted by Crippen LogP contribution is -2.47. The minimum Gasteiger partial charge on any atom is -0.300 e. The lowest BCUT2D eigenvalue weighted by atomic mass is 9.85. The van der Waals surface area contributed by atoms with Crippen LogP contribution in [-0.2, 0) is 6.54 Å². The second-order valence-corrected chi connectivity index (χ2v) is 7.45.